The zero-order valence-electron chi connectivity index (χ0n) is 11.9. The zero-order chi connectivity index (χ0) is 14.2. The van der Waals surface area contributed by atoms with Gasteiger partial charge in [0, 0.05) is 12.2 Å². The molecule has 2 N–H and O–H groups in total. The van der Waals surface area contributed by atoms with Gasteiger partial charge in [-0.2, -0.15) is 0 Å². The number of amides is 1. The third-order valence-electron chi connectivity index (χ3n) is 4.57. The number of fused-ring (bicyclic) bond motifs is 2. The van der Waals surface area contributed by atoms with Gasteiger partial charge in [0.25, 0.3) is 0 Å². The van der Waals surface area contributed by atoms with Gasteiger partial charge in [0.1, 0.15) is 0 Å². The number of nitrogens with one attached hydrogen (secondary N) is 2. The van der Waals surface area contributed by atoms with Gasteiger partial charge in [-0.05, 0) is 47.7 Å². The predicted octanol–water partition coefficient (Wildman–Crippen LogP) is 2.61. The summed E-state index contributed by atoms with van der Waals surface area (Å²) < 4.78 is 0. The van der Waals surface area contributed by atoms with Crippen LogP contribution in [0.4, 0.5) is 5.69 Å². The van der Waals surface area contributed by atoms with Crippen LogP contribution in [-0.2, 0) is 24.2 Å². The van der Waals surface area contributed by atoms with Crippen molar-refractivity contribution in [2.75, 3.05) is 11.9 Å². The van der Waals surface area contributed by atoms with E-state index < -0.39 is 0 Å². The van der Waals surface area contributed by atoms with Gasteiger partial charge in [0.15, 0.2) is 0 Å². The molecule has 0 fully saturated rings. The summed E-state index contributed by atoms with van der Waals surface area (Å²) in [4.78, 5) is 12.5. The maximum Gasteiger partial charge on any atom is 0.232 e. The fraction of sp³-hybridized carbons (Fsp3) is 0.278. The van der Waals surface area contributed by atoms with Crippen molar-refractivity contribution in [2.24, 2.45) is 0 Å². The van der Waals surface area contributed by atoms with Crippen molar-refractivity contribution in [1.29, 1.82) is 0 Å². The van der Waals surface area contributed by atoms with Crippen LogP contribution in [0.5, 0.6) is 0 Å². The molecule has 3 heteroatoms. The maximum atomic E-state index is 12.5. The minimum atomic E-state index is 0.0128. The summed E-state index contributed by atoms with van der Waals surface area (Å²) >= 11 is 0. The molecule has 106 valence electrons. The van der Waals surface area contributed by atoms with Gasteiger partial charge in [0.2, 0.25) is 5.91 Å². The quantitative estimate of drug-likeness (QED) is 0.886. The Morgan fingerprint density at radius 1 is 1.10 bits per heavy atom. The van der Waals surface area contributed by atoms with Crippen LogP contribution >= 0.6 is 0 Å². The molecule has 2 aliphatic rings. The molecule has 0 saturated heterocycles. The first-order valence-electron chi connectivity index (χ1n) is 7.53. The highest BCUT2D eigenvalue weighted by atomic mass is 16.1. The lowest BCUT2D eigenvalue weighted by molar-refractivity contribution is -0.118. The lowest BCUT2D eigenvalue weighted by atomic mass is 9.77. The number of anilines is 1. The standard InChI is InChI=1S/C18H18N2O/c21-18(16-10-12-4-1-2-6-14(12)16)20-17-7-3-5-13-11-19-9-8-15(13)17/h1-7,16,19H,8-11H2,(H,20,21). The zero-order valence-corrected chi connectivity index (χ0v) is 11.9. The number of hydrogen-bond donors (Lipinski definition) is 2. The molecule has 0 spiro atoms. The van der Waals surface area contributed by atoms with Crippen LogP contribution in [0.15, 0.2) is 42.5 Å². The highest BCUT2D eigenvalue weighted by molar-refractivity contribution is 5.98. The first-order chi connectivity index (χ1) is 10.3. The van der Waals surface area contributed by atoms with E-state index in [0.717, 1.165) is 31.6 Å². The van der Waals surface area contributed by atoms with E-state index in [9.17, 15) is 4.79 Å². The number of rotatable bonds is 2. The monoisotopic (exact) mass is 278 g/mol. The van der Waals surface area contributed by atoms with Crippen molar-refractivity contribution in [3.05, 3.63) is 64.7 Å². The third-order valence-corrected chi connectivity index (χ3v) is 4.57. The van der Waals surface area contributed by atoms with Gasteiger partial charge in [0.05, 0.1) is 5.92 Å². The average molecular weight is 278 g/mol. The van der Waals surface area contributed by atoms with Gasteiger partial charge in [-0.3, -0.25) is 4.79 Å². The Kier molecular flexibility index (Phi) is 3.00. The van der Waals surface area contributed by atoms with Gasteiger partial charge < -0.3 is 10.6 Å². The van der Waals surface area contributed by atoms with Crippen molar-refractivity contribution in [1.82, 2.24) is 5.32 Å². The van der Waals surface area contributed by atoms with E-state index in [-0.39, 0.29) is 11.8 Å². The third kappa shape index (κ3) is 2.14. The minimum absolute atomic E-state index is 0.0128. The SMILES string of the molecule is O=C(Nc1cccc2c1CCNC2)C1Cc2ccccc21. The smallest absolute Gasteiger partial charge is 0.232 e. The molecule has 0 radical (unpaired) electrons. The lowest BCUT2D eigenvalue weighted by Crippen LogP contribution is -2.31. The second-order valence-corrected chi connectivity index (χ2v) is 5.81. The van der Waals surface area contributed by atoms with Crippen molar-refractivity contribution in [3.8, 4) is 0 Å². The predicted molar refractivity (Wildman–Crippen MR) is 83.4 cm³/mol. The normalized spacial score (nSPS) is 19.1. The molecule has 1 aliphatic heterocycles. The Balaban J connectivity index is 1.56. The van der Waals surface area contributed by atoms with E-state index in [0.29, 0.717) is 0 Å². The summed E-state index contributed by atoms with van der Waals surface area (Å²) in [6, 6.07) is 14.4. The summed E-state index contributed by atoms with van der Waals surface area (Å²) in [7, 11) is 0. The summed E-state index contributed by atoms with van der Waals surface area (Å²) in [6.45, 7) is 1.87. The summed E-state index contributed by atoms with van der Waals surface area (Å²) in [6.07, 6.45) is 1.84. The summed E-state index contributed by atoms with van der Waals surface area (Å²) in [5.74, 6) is 0.138. The Hall–Kier alpha value is -2.13. The van der Waals surface area contributed by atoms with Crippen LogP contribution < -0.4 is 10.6 Å². The van der Waals surface area contributed by atoms with Gasteiger partial charge >= 0.3 is 0 Å². The first kappa shape index (κ1) is 12.6. The van der Waals surface area contributed by atoms with Gasteiger partial charge in [-0.25, -0.2) is 0 Å². The van der Waals surface area contributed by atoms with Crippen LogP contribution in [-0.4, -0.2) is 12.5 Å². The molecule has 3 nitrogen and oxygen atoms in total. The maximum absolute atomic E-state index is 12.5. The fourth-order valence-electron chi connectivity index (χ4n) is 3.36. The number of carbonyl (C=O) groups excluding carboxylic acids is 1. The number of benzene rings is 2. The van der Waals surface area contributed by atoms with E-state index in [1.807, 2.05) is 24.3 Å². The number of carbonyl (C=O) groups is 1. The molecule has 1 amide bonds. The van der Waals surface area contributed by atoms with Gasteiger partial charge in [-0.1, -0.05) is 36.4 Å². The van der Waals surface area contributed by atoms with Crippen molar-refractivity contribution >= 4 is 11.6 Å². The Morgan fingerprint density at radius 3 is 2.86 bits per heavy atom. The molecule has 1 atom stereocenters. The second kappa shape index (κ2) is 5.01. The molecule has 2 aromatic rings. The van der Waals surface area contributed by atoms with E-state index in [1.165, 1.54) is 22.3 Å². The molecule has 4 rings (SSSR count). The van der Waals surface area contributed by atoms with Crippen LogP contribution in [0, 0.1) is 0 Å². The Bertz CT molecular complexity index is 708. The molecular weight excluding hydrogens is 260 g/mol. The fourth-order valence-corrected chi connectivity index (χ4v) is 3.36. The van der Waals surface area contributed by atoms with Crippen LogP contribution in [0.1, 0.15) is 28.2 Å². The highest BCUT2D eigenvalue weighted by Crippen LogP contribution is 2.36. The van der Waals surface area contributed by atoms with Crippen molar-refractivity contribution in [2.45, 2.75) is 25.3 Å². The molecule has 1 heterocycles. The molecule has 0 bridgehead atoms. The van der Waals surface area contributed by atoms with Gasteiger partial charge in [-0.15, -0.1) is 0 Å². The molecule has 1 aliphatic carbocycles. The van der Waals surface area contributed by atoms with Crippen LogP contribution in [0.3, 0.4) is 0 Å². The first-order valence-corrected chi connectivity index (χ1v) is 7.53. The molecule has 0 aromatic heterocycles. The Morgan fingerprint density at radius 2 is 1.95 bits per heavy atom. The highest BCUT2D eigenvalue weighted by Gasteiger charge is 2.32. The van der Waals surface area contributed by atoms with E-state index in [2.05, 4.69) is 28.8 Å². The van der Waals surface area contributed by atoms with Crippen LogP contribution in [0.2, 0.25) is 0 Å². The van der Waals surface area contributed by atoms with Crippen molar-refractivity contribution < 1.29 is 4.79 Å². The molecule has 0 saturated carbocycles. The topological polar surface area (TPSA) is 41.1 Å². The second-order valence-electron chi connectivity index (χ2n) is 5.81. The molecule has 1 unspecified atom stereocenters. The molecule has 2 aromatic carbocycles. The van der Waals surface area contributed by atoms with E-state index in [4.69, 9.17) is 0 Å². The van der Waals surface area contributed by atoms with Crippen LogP contribution in [0.25, 0.3) is 0 Å². The summed E-state index contributed by atoms with van der Waals surface area (Å²) in [5, 5.41) is 6.51. The summed E-state index contributed by atoms with van der Waals surface area (Å²) in [5.41, 5.74) is 6.06. The van der Waals surface area contributed by atoms with E-state index in [1.54, 1.807) is 0 Å². The minimum Gasteiger partial charge on any atom is -0.325 e. The van der Waals surface area contributed by atoms with Crippen molar-refractivity contribution in [3.63, 3.8) is 0 Å². The largest absolute Gasteiger partial charge is 0.325 e. The van der Waals surface area contributed by atoms with E-state index >= 15 is 0 Å². The Labute approximate surface area is 124 Å². The average Bonchev–Trinajstić information content (AvgIpc) is 2.49. The lowest BCUT2D eigenvalue weighted by Gasteiger charge is -2.29. The molecule has 21 heavy (non-hydrogen) atoms. The number of hydrogen-bond acceptors (Lipinski definition) is 2. The molecular formula is C18H18N2O.